The number of benzene rings is 4. The van der Waals surface area contributed by atoms with Gasteiger partial charge in [0.25, 0.3) is 0 Å². The van der Waals surface area contributed by atoms with Crippen molar-refractivity contribution in [3.63, 3.8) is 0 Å². The molecule has 10 N–H and O–H groups in total. The van der Waals surface area contributed by atoms with Crippen LogP contribution in [0.1, 0.15) is 0 Å². The summed E-state index contributed by atoms with van der Waals surface area (Å²) in [5.74, 6) is -7.88. The predicted octanol–water partition coefficient (Wildman–Crippen LogP) is 4.51. The Labute approximate surface area is 283 Å². The van der Waals surface area contributed by atoms with Crippen LogP contribution in [0.2, 0.25) is 0 Å². The number of H-pyrrole nitrogens is 2. The smallest absolute Gasteiger partial charge is 0.205 e. The van der Waals surface area contributed by atoms with Gasteiger partial charge in [-0.3, -0.25) is 0 Å². The zero-order valence-electron chi connectivity index (χ0n) is 24.6. The molecule has 3 aromatic heterocycles. The van der Waals surface area contributed by atoms with E-state index in [1.54, 1.807) is 42.5 Å². The molecular weight excluding hydrogens is 690 g/mol. The number of aromatic nitrogens is 8. The molecule has 0 atom stereocenters. The van der Waals surface area contributed by atoms with Crippen molar-refractivity contribution in [1.29, 1.82) is 0 Å². The Morgan fingerprint density at radius 2 is 0.714 bits per heavy atom. The summed E-state index contributed by atoms with van der Waals surface area (Å²) >= 11 is 0. The fourth-order valence-corrected chi connectivity index (χ4v) is 6.08. The van der Waals surface area contributed by atoms with Crippen LogP contribution in [-0.4, -0.2) is 80.7 Å². The van der Waals surface area contributed by atoms with E-state index in [1.807, 2.05) is 6.07 Å². The van der Waals surface area contributed by atoms with E-state index in [1.165, 1.54) is 0 Å². The third-order valence-corrected chi connectivity index (χ3v) is 8.33. The molecule has 0 aliphatic carbocycles. The summed E-state index contributed by atoms with van der Waals surface area (Å²) in [6, 6.07) is 14.3. The number of nitrogens with one attached hydrogen (secondary N) is 2. The molecule has 2 aliphatic heterocycles. The Bertz CT molecular complexity index is 2800. The number of rotatable bonds is 0. The zero-order chi connectivity index (χ0) is 33.2. The van der Waals surface area contributed by atoms with Crippen LogP contribution >= 0.6 is 0 Å². The van der Waals surface area contributed by atoms with E-state index in [4.69, 9.17) is 4.98 Å². The first-order chi connectivity index (χ1) is 23.1. The first-order valence-electron chi connectivity index (χ1n) is 14.1. The van der Waals surface area contributed by atoms with Gasteiger partial charge in [-0.25, -0.2) is 29.9 Å². The molecule has 0 amide bonds. The molecule has 17 heteroatoms. The van der Waals surface area contributed by atoms with Gasteiger partial charge in [0.05, 0.1) is 21.9 Å². The molecule has 49 heavy (non-hydrogen) atoms. The minimum absolute atomic E-state index is 0. The van der Waals surface area contributed by atoms with Crippen LogP contribution in [0, 0.1) is 0 Å². The summed E-state index contributed by atoms with van der Waals surface area (Å²) in [5.41, 5.74) is 0.698. The Hall–Kier alpha value is -6.74. The summed E-state index contributed by atoms with van der Waals surface area (Å²) in [6.45, 7) is 0. The summed E-state index contributed by atoms with van der Waals surface area (Å²) in [7, 11) is 0. The van der Waals surface area contributed by atoms with Crippen molar-refractivity contribution >= 4 is 44.1 Å². The van der Waals surface area contributed by atoms with E-state index in [2.05, 4.69) is 34.9 Å². The fraction of sp³-hybridized carbons (Fsp3) is 0. The molecule has 8 bridgehead atoms. The molecular formula is C32H18N8O8Zn. The van der Waals surface area contributed by atoms with Gasteiger partial charge in [-0.05, 0) is 0 Å². The first-order valence-corrected chi connectivity index (χ1v) is 14.1. The Morgan fingerprint density at radius 1 is 0.367 bits per heavy atom. The minimum atomic E-state index is -1.06. The number of phenolic OH excluding ortho intramolecular Hbond substituents is 8. The van der Waals surface area contributed by atoms with Crippen molar-refractivity contribution in [1.82, 2.24) is 39.9 Å². The molecule has 2 aliphatic rings. The van der Waals surface area contributed by atoms with Crippen LogP contribution in [-0.2, 0) is 19.5 Å². The van der Waals surface area contributed by atoms with Crippen LogP contribution in [0.5, 0.6) is 46.0 Å². The molecule has 0 saturated heterocycles. The van der Waals surface area contributed by atoms with Crippen molar-refractivity contribution in [2.75, 3.05) is 0 Å². The van der Waals surface area contributed by atoms with E-state index in [0.717, 1.165) is 0 Å². The largest absolute Gasteiger partial charge is 0.504 e. The number of aromatic amines is 2. The van der Waals surface area contributed by atoms with Crippen molar-refractivity contribution in [3.05, 3.63) is 48.5 Å². The molecule has 236 valence electrons. The average Bonchev–Trinajstić information content (AvgIpc) is 3.83. The second-order valence-corrected chi connectivity index (χ2v) is 11.0. The third kappa shape index (κ3) is 3.93. The molecule has 7 aromatic rings. The third-order valence-electron chi connectivity index (χ3n) is 8.33. The van der Waals surface area contributed by atoms with Gasteiger partial charge in [-0.1, -0.05) is 48.5 Å². The fourth-order valence-electron chi connectivity index (χ4n) is 6.08. The number of phenols is 8. The number of hydrogen-bond acceptors (Lipinski definition) is 14. The summed E-state index contributed by atoms with van der Waals surface area (Å²) in [5, 5.41) is 86.3. The van der Waals surface area contributed by atoms with E-state index >= 15 is 0 Å². The Kier molecular flexibility index (Phi) is 6.13. The minimum Gasteiger partial charge on any atom is -0.504 e. The summed E-state index contributed by atoms with van der Waals surface area (Å²) < 4.78 is 0. The number of hydrogen-bond donors (Lipinski definition) is 10. The maximum Gasteiger partial charge on any atom is 0.205 e. The second-order valence-electron chi connectivity index (χ2n) is 11.0. The molecule has 5 heterocycles. The molecule has 9 rings (SSSR count). The van der Waals surface area contributed by atoms with Crippen molar-refractivity contribution in [3.8, 4) is 91.5 Å². The van der Waals surface area contributed by atoms with Crippen LogP contribution in [0.15, 0.2) is 48.5 Å². The monoisotopic (exact) mass is 706 g/mol. The first kappa shape index (κ1) is 29.7. The van der Waals surface area contributed by atoms with E-state index in [0.29, 0.717) is 27.5 Å². The maximum atomic E-state index is 11.0. The van der Waals surface area contributed by atoms with Gasteiger partial charge in [0, 0.05) is 41.4 Å². The topological polar surface area (TPSA) is 271 Å². The van der Waals surface area contributed by atoms with Crippen LogP contribution in [0.4, 0.5) is 0 Å². The van der Waals surface area contributed by atoms with Gasteiger partial charge < -0.3 is 50.8 Å². The molecule has 16 nitrogen and oxygen atoms in total. The number of nitrogens with zero attached hydrogens (tertiary/aromatic N) is 6. The SMILES string of the molecule is Oc1c(O)c(O)c2c(c1O)-c1nc-2nc2[nH]c(nc3nc(nc4[nH]c(n1)c1ccccc41)-c1ccccc1-3)c1c(O)c(O)c(O)c(O)c21.[Zn]. The standard InChI is InChI=1S/C32H18N8O8.Zn/c41-17-13-15(19(43)23(47)21(17)45)31-38-29(13)36-27-11-7-3-1-5-9(11)25(34-27)33-26-10-6-2-4-8-12(10)28(35-26)37-30-14-16(32(39-30)40-31)20(44)24(48)22(46)18(14)42;/h1-8,41-48H,(H2,33,34,35,36,37,38,39,40);. The maximum absolute atomic E-state index is 11.0. The average molecular weight is 708 g/mol. The van der Waals surface area contributed by atoms with E-state index in [-0.39, 0.29) is 81.6 Å². The predicted molar refractivity (Wildman–Crippen MR) is 169 cm³/mol. The number of aromatic hydroxyl groups is 8. The zero-order valence-corrected chi connectivity index (χ0v) is 27.6. The van der Waals surface area contributed by atoms with Crippen molar-refractivity contribution in [2.45, 2.75) is 0 Å². The van der Waals surface area contributed by atoms with Crippen molar-refractivity contribution < 1.29 is 60.3 Å². The Balaban J connectivity index is 0.00000348. The quantitative estimate of drug-likeness (QED) is 0.0590. The summed E-state index contributed by atoms with van der Waals surface area (Å²) in [4.78, 5) is 33.5. The van der Waals surface area contributed by atoms with Gasteiger partial charge >= 0.3 is 0 Å². The molecule has 0 radical (unpaired) electrons. The summed E-state index contributed by atoms with van der Waals surface area (Å²) in [6.07, 6.45) is 0. The van der Waals surface area contributed by atoms with Gasteiger partial charge in [0.15, 0.2) is 46.3 Å². The van der Waals surface area contributed by atoms with Crippen LogP contribution < -0.4 is 0 Å². The Morgan fingerprint density at radius 3 is 1.20 bits per heavy atom. The van der Waals surface area contributed by atoms with E-state index in [9.17, 15) is 40.9 Å². The van der Waals surface area contributed by atoms with Gasteiger partial charge in [-0.2, -0.15) is 0 Å². The van der Waals surface area contributed by atoms with Crippen LogP contribution in [0.3, 0.4) is 0 Å². The molecule has 0 fully saturated rings. The molecule has 4 aromatic carbocycles. The number of fused-ring (bicyclic) bond motifs is 20. The molecule has 0 spiro atoms. The van der Waals surface area contributed by atoms with Crippen molar-refractivity contribution in [2.24, 2.45) is 0 Å². The van der Waals surface area contributed by atoms with Gasteiger partial charge in [0.1, 0.15) is 22.6 Å². The second kappa shape index (κ2) is 10.1. The normalized spacial score (nSPS) is 11.8. The van der Waals surface area contributed by atoms with Crippen LogP contribution in [0.25, 0.3) is 89.7 Å². The molecule has 0 unspecified atom stereocenters. The molecule has 0 saturated carbocycles. The van der Waals surface area contributed by atoms with E-state index < -0.39 is 46.0 Å². The van der Waals surface area contributed by atoms with Gasteiger partial charge in [0.2, 0.25) is 23.0 Å². The van der Waals surface area contributed by atoms with Gasteiger partial charge in [-0.15, -0.1) is 0 Å².